The molecule has 2 N–H and O–H groups in total. The summed E-state index contributed by atoms with van der Waals surface area (Å²) in [6.45, 7) is 5.68. The van der Waals surface area contributed by atoms with Crippen LogP contribution in [-0.4, -0.2) is 53.8 Å². The molecule has 1 aliphatic carbocycles. The minimum atomic E-state index is -4.36. The number of aliphatic carboxylic acids is 1. The van der Waals surface area contributed by atoms with Gasteiger partial charge in [0, 0.05) is 36.4 Å². The lowest BCUT2D eigenvalue weighted by molar-refractivity contribution is -0.156. The van der Waals surface area contributed by atoms with Gasteiger partial charge < -0.3 is 19.7 Å². The molecule has 2 aromatic rings. The number of hydrogen-bond donors (Lipinski definition) is 2. The SMILES string of the molecule is C[C@H]1c2c([nH]c3ccc(C(F)(F)F)cc23)C[C@H]2CCN(CCC3(C(=O)O)CCOCC3)C[C@@H]21. The molecule has 0 radical (unpaired) electrons. The lowest BCUT2D eigenvalue weighted by atomic mass is 9.68. The number of likely N-dealkylation sites (tertiary alicyclic amines) is 1. The lowest BCUT2D eigenvalue weighted by Crippen LogP contribution is -2.47. The summed E-state index contributed by atoms with van der Waals surface area (Å²) in [4.78, 5) is 17.8. The van der Waals surface area contributed by atoms with E-state index >= 15 is 0 Å². The summed E-state index contributed by atoms with van der Waals surface area (Å²) >= 11 is 0. The maximum atomic E-state index is 13.3. The number of carbonyl (C=O) groups is 1. The lowest BCUT2D eigenvalue weighted by Gasteiger charge is -2.45. The number of piperidine rings is 1. The second kappa shape index (κ2) is 8.31. The first-order valence-corrected chi connectivity index (χ1v) is 11.9. The second-order valence-corrected chi connectivity index (χ2v) is 10.2. The van der Waals surface area contributed by atoms with Crippen LogP contribution >= 0.6 is 0 Å². The van der Waals surface area contributed by atoms with Crippen LogP contribution in [0.25, 0.3) is 10.9 Å². The van der Waals surface area contributed by atoms with E-state index in [9.17, 15) is 23.1 Å². The van der Waals surface area contributed by atoms with E-state index in [0.29, 0.717) is 49.7 Å². The van der Waals surface area contributed by atoms with E-state index in [0.717, 1.165) is 55.3 Å². The number of hydrogen-bond acceptors (Lipinski definition) is 3. The van der Waals surface area contributed by atoms with Gasteiger partial charge in [0.2, 0.25) is 0 Å². The van der Waals surface area contributed by atoms with E-state index in [1.165, 1.54) is 6.07 Å². The maximum absolute atomic E-state index is 13.3. The highest BCUT2D eigenvalue weighted by molar-refractivity contribution is 5.86. The highest BCUT2D eigenvalue weighted by Gasteiger charge is 2.43. The number of H-pyrrole nitrogens is 1. The van der Waals surface area contributed by atoms with Gasteiger partial charge in [-0.25, -0.2) is 0 Å². The number of rotatable bonds is 4. The van der Waals surface area contributed by atoms with Gasteiger partial charge >= 0.3 is 12.1 Å². The zero-order chi connectivity index (χ0) is 23.4. The number of benzene rings is 1. The summed E-state index contributed by atoms with van der Waals surface area (Å²) in [5.74, 6) is 0.275. The van der Waals surface area contributed by atoms with Crippen molar-refractivity contribution in [3.05, 3.63) is 35.0 Å². The Bertz CT molecular complexity index is 1040. The minimum Gasteiger partial charge on any atom is -0.481 e. The van der Waals surface area contributed by atoms with Crippen molar-refractivity contribution in [2.75, 3.05) is 32.8 Å². The molecule has 0 amide bonds. The molecule has 3 heterocycles. The molecule has 2 aliphatic heterocycles. The Morgan fingerprint density at radius 2 is 2.06 bits per heavy atom. The Labute approximate surface area is 191 Å². The minimum absolute atomic E-state index is 0.148. The average Bonchev–Trinajstić information content (AvgIpc) is 3.15. The summed E-state index contributed by atoms with van der Waals surface area (Å²) in [5.41, 5.74) is 1.58. The van der Waals surface area contributed by atoms with Gasteiger partial charge in [-0.1, -0.05) is 6.92 Å². The number of carboxylic acids is 1. The number of fused-ring (bicyclic) bond motifs is 4. The Morgan fingerprint density at radius 3 is 2.76 bits per heavy atom. The fourth-order valence-electron chi connectivity index (χ4n) is 6.43. The van der Waals surface area contributed by atoms with E-state index in [2.05, 4.69) is 16.8 Å². The van der Waals surface area contributed by atoms with Crippen LogP contribution in [0.2, 0.25) is 0 Å². The molecule has 0 unspecified atom stereocenters. The number of nitrogens with zero attached hydrogens (tertiary/aromatic N) is 1. The second-order valence-electron chi connectivity index (χ2n) is 10.2. The molecule has 5 rings (SSSR count). The number of aromatic nitrogens is 1. The van der Waals surface area contributed by atoms with Crippen molar-refractivity contribution in [1.82, 2.24) is 9.88 Å². The third kappa shape index (κ3) is 4.05. The third-order valence-corrected chi connectivity index (χ3v) is 8.51. The first-order chi connectivity index (χ1) is 15.7. The maximum Gasteiger partial charge on any atom is 0.416 e. The summed E-state index contributed by atoms with van der Waals surface area (Å²) < 4.78 is 45.4. The van der Waals surface area contributed by atoms with Crippen LogP contribution in [-0.2, 0) is 22.1 Å². The topological polar surface area (TPSA) is 65.6 Å². The fraction of sp³-hybridized carbons (Fsp3) is 0.640. The number of alkyl halides is 3. The summed E-state index contributed by atoms with van der Waals surface area (Å²) in [6.07, 6.45) is -0.738. The van der Waals surface area contributed by atoms with Crippen LogP contribution in [0.3, 0.4) is 0 Å². The average molecular weight is 465 g/mol. The number of carboxylic acid groups (broad SMARTS) is 1. The largest absolute Gasteiger partial charge is 0.481 e. The van der Waals surface area contributed by atoms with Crippen LogP contribution in [0, 0.1) is 17.3 Å². The molecule has 2 saturated heterocycles. The number of ether oxygens (including phenoxy) is 1. The Hall–Kier alpha value is -2.06. The van der Waals surface area contributed by atoms with Gasteiger partial charge in [0.15, 0.2) is 0 Å². The van der Waals surface area contributed by atoms with Crippen molar-refractivity contribution in [1.29, 1.82) is 0 Å². The van der Waals surface area contributed by atoms with Gasteiger partial charge in [0.05, 0.1) is 11.0 Å². The molecule has 1 aromatic heterocycles. The molecule has 3 aliphatic rings. The van der Waals surface area contributed by atoms with E-state index in [-0.39, 0.29) is 5.92 Å². The zero-order valence-electron chi connectivity index (χ0n) is 18.9. The van der Waals surface area contributed by atoms with Gasteiger partial charge in [0.25, 0.3) is 0 Å². The smallest absolute Gasteiger partial charge is 0.416 e. The van der Waals surface area contributed by atoms with Gasteiger partial charge in [-0.2, -0.15) is 13.2 Å². The molecule has 0 saturated carbocycles. The Balaban J connectivity index is 1.35. The van der Waals surface area contributed by atoms with E-state index in [1.54, 1.807) is 6.07 Å². The molecule has 2 fully saturated rings. The predicted octanol–water partition coefficient (Wildman–Crippen LogP) is 5.06. The molecule has 180 valence electrons. The number of aromatic amines is 1. The van der Waals surface area contributed by atoms with Crippen molar-refractivity contribution >= 4 is 16.9 Å². The van der Waals surface area contributed by atoms with Crippen molar-refractivity contribution < 1.29 is 27.8 Å². The zero-order valence-corrected chi connectivity index (χ0v) is 18.9. The van der Waals surface area contributed by atoms with Crippen LogP contribution in [0.5, 0.6) is 0 Å². The van der Waals surface area contributed by atoms with Crippen molar-refractivity contribution in [3.63, 3.8) is 0 Å². The van der Waals surface area contributed by atoms with E-state index < -0.39 is 23.1 Å². The number of nitrogens with one attached hydrogen (secondary N) is 1. The standard InChI is InChI=1S/C25H31F3N2O3/c1-15-19-14-30(9-5-24(23(31)32)6-10-33-11-7-24)8-4-16(19)12-21-22(15)18-13-17(25(26,27)28)2-3-20(18)29-21/h2-3,13,15-16,19,29H,4-12,14H2,1H3,(H,31,32)/t15-,16-,19-/m1/s1. The molecule has 1 aromatic carbocycles. The van der Waals surface area contributed by atoms with Crippen LogP contribution < -0.4 is 0 Å². The molecular formula is C25H31F3N2O3. The molecule has 33 heavy (non-hydrogen) atoms. The van der Waals surface area contributed by atoms with Gasteiger partial charge in [-0.3, -0.25) is 4.79 Å². The van der Waals surface area contributed by atoms with Crippen molar-refractivity contribution in [3.8, 4) is 0 Å². The van der Waals surface area contributed by atoms with Crippen LogP contribution in [0.1, 0.15) is 55.3 Å². The summed E-state index contributed by atoms with van der Waals surface area (Å²) in [7, 11) is 0. The van der Waals surface area contributed by atoms with E-state index in [4.69, 9.17) is 4.74 Å². The number of halogens is 3. The normalized spacial score (nSPS) is 27.8. The fourth-order valence-corrected chi connectivity index (χ4v) is 6.43. The van der Waals surface area contributed by atoms with E-state index in [1.807, 2.05) is 0 Å². The summed E-state index contributed by atoms with van der Waals surface area (Å²) in [6, 6.07) is 4.00. The quantitative estimate of drug-likeness (QED) is 0.664. The molecule has 0 bridgehead atoms. The first-order valence-electron chi connectivity index (χ1n) is 11.9. The van der Waals surface area contributed by atoms with Crippen LogP contribution in [0.15, 0.2) is 18.2 Å². The summed E-state index contributed by atoms with van der Waals surface area (Å²) in [5, 5.41) is 10.5. The highest BCUT2D eigenvalue weighted by atomic mass is 19.4. The van der Waals surface area contributed by atoms with Crippen molar-refractivity contribution in [2.45, 2.75) is 51.1 Å². The van der Waals surface area contributed by atoms with Crippen molar-refractivity contribution in [2.24, 2.45) is 17.3 Å². The Kier molecular flexibility index (Phi) is 5.72. The predicted molar refractivity (Wildman–Crippen MR) is 118 cm³/mol. The van der Waals surface area contributed by atoms with Gasteiger partial charge in [-0.15, -0.1) is 0 Å². The highest BCUT2D eigenvalue weighted by Crippen LogP contribution is 2.47. The monoisotopic (exact) mass is 464 g/mol. The molecule has 0 spiro atoms. The van der Waals surface area contributed by atoms with Gasteiger partial charge in [0.1, 0.15) is 0 Å². The third-order valence-electron chi connectivity index (χ3n) is 8.51. The molecule has 3 atom stereocenters. The van der Waals surface area contributed by atoms with Crippen LogP contribution in [0.4, 0.5) is 13.2 Å². The van der Waals surface area contributed by atoms with Gasteiger partial charge in [-0.05, 0) is 86.7 Å². The molecule has 5 nitrogen and oxygen atoms in total. The molecule has 8 heteroatoms. The molecular weight excluding hydrogens is 433 g/mol. The Morgan fingerprint density at radius 1 is 1.30 bits per heavy atom. The first kappa shape index (κ1) is 22.7.